The Morgan fingerprint density at radius 1 is 1.17 bits per heavy atom. The number of anilines is 1. The van der Waals surface area contributed by atoms with E-state index in [1.54, 1.807) is 7.11 Å². The second kappa shape index (κ2) is 9.35. The van der Waals surface area contributed by atoms with Gasteiger partial charge in [-0.1, -0.05) is 6.07 Å². The molecule has 3 rings (SSSR count). The average molecular weight is 376 g/mol. The molecule has 0 aromatic heterocycles. The Morgan fingerprint density at radius 2 is 1.88 bits per heavy atom. The smallest absolute Gasteiger partial charge is 0.225 e. The largest absolute Gasteiger partial charge is 0.497 e. The van der Waals surface area contributed by atoms with Gasteiger partial charge in [-0.15, -0.1) is 24.8 Å². The Balaban J connectivity index is 0.00000144. The molecule has 0 spiro atoms. The number of hydrogen-bond acceptors (Lipinski definition) is 4. The van der Waals surface area contributed by atoms with E-state index >= 15 is 0 Å². The van der Waals surface area contributed by atoms with Crippen LogP contribution in [0.5, 0.6) is 5.75 Å². The summed E-state index contributed by atoms with van der Waals surface area (Å²) in [6, 6.07) is 8.31. The third-order valence-corrected chi connectivity index (χ3v) is 4.83. The maximum Gasteiger partial charge on any atom is 0.225 e. The number of rotatable bonds is 3. The molecule has 136 valence electrons. The molecule has 2 unspecified atom stereocenters. The molecule has 1 aliphatic carbocycles. The first kappa shape index (κ1) is 20.9. The van der Waals surface area contributed by atoms with Crippen LogP contribution in [0.15, 0.2) is 24.3 Å². The fourth-order valence-electron chi connectivity index (χ4n) is 3.49. The van der Waals surface area contributed by atoms with Crippen molar-refractivity contribution in [2.45, 2.75) is 25.3 Å². The highest BCUT2D eigenvalue weighted by molar-refractivity contribution is 5.85. The molecule has 1 saturated carbocycles. The fraction of sp³-hybridized carbons (Fsp3) is 0.588. The molecular formula is C17H27Cl2N3O2. The summed E-state index contributed by atoms with van der Waals surface area (Å²) in [6.45, 7) is 3.33. The van der Waals surface area contributed by atoms with E-state index < -0.39 is 0 Å². The molecule has 2 fully saturated rings. The minimum atomic E-state index is 0. The van der Waals surface area contributed by atoms with Crippen LogP contribution in [-0.2, 0) is 4.79 Å². The third kappa shape index (κ3) is 4.68. The standard InChI is InChI=1S/C17H25N3O2.2ClH/c1-22-16-4-2-3-15(12-16)19-7-9-20(10-8-19)17(21)13-5-6-14(18)11-13;;/h2-4,12-14H,5-11,18H2,1H3;2*1H. The summed E-state index contributed by atoms with van der Waals surface area (Å²) in [5.41, 5.74) is 7.09. The Bertz CT molecular complexity index is 536. The number of methoxy groups -OCH3 is 1. The zero-order valence-corrected chi connectivity index (χ0v) is 15.7. The van der Waals surface area contributed by atoms with Gasteiger partial charge in [-0.25, -0.2) is 0 Å². The van der Waals surface area contributed by atoms with Crippen LogP contribution >= 0.6 is 24.8 Å². The summed E-state index contributed by atoms with van der Waals surface area (Å²) in [7, 11) is 1.68. The maximum absolute atomic E-state index is 12.5. The summed E-state index contributed by atoms with van der Waals surface area (Å²) in [6.07, 6.45) is 2.80. The van der Waals surface area contributed by atoms with Gasteiger partial charge < -0.3 is 20.3 Å². The van der Waals surface area contributed by atoms with E-state index in [0.29, 0.717) is 5.91 Å². The van der Waals surface area contributed by atoms with Crippen LogP contribution in [0.25, 0.3) is 0 Å². The summed E-state index contributed by atoms with van der Waals surface area (Å²) in [5.74, 6) is 1.33. The van der Waals surface area contributed by atoms with E-state index in [9.17, 15) is 4.79 Å². The van der Waals surface area contributed by atoms with Crippen molar-refractivity contribution in [2.24, 2.45) is 11.7 Å². The average Bonchev–Trinajstić information content (AvgIpc) is 3.01. The van der Waals surface area contributed by atoms with Crippen molar-refractivity contribution in [3.8, 4) is 5.75 Å². The molecule has 1 aromatic rings. The molecule has 1 amide bonds. The van der Waals surface area contributed by atoms with Crippen LogP contribution < -0.4 is 15.4 Å². The van der Waals surface area contributed by atoms with Gasteiger partial charge in [-0.05, 0) is 31.4 Å². The van der Waals surface area contributed by atoms with Crippen molar-refractivity contribution in [3.05, 3.63) is 24.3 Å². The number of carbonyl (C=O) groups is 1. The number of nitrogens with two attached hydrogens (primary N) is 1. The Labute approximate surface area is 156 Å². The predicted molar refractivity (Wildman–Crippen MR) is 102 cm³/mol. The van der Waals surface area contributed by atoms with Crippen molar-refractivity contribution in [2.75, 3.05) is 38.2 Å². The van der Waals surface area contributed by atoms with Gasteiger partial charge in [0.05, 0.1) is 7.11 Å². The monoisotopic (exact) mass is 375 g/mol. The van der Waals surface area contributed by atoms with Crippen molar-refractivity contribution < 1.29 is 9.53 Å². The molecule has 2 atom stereocenters. The minimum absolute atomic E-state index is 0. The third-order valence-electron chi connectivity index (χ3n) is 4.83. The SMILES string of the molecule is COc1cccc(N2CCN(C(=O)C3CCC(N)C3)CC2)c1.Cl.Cl. The number of nitrogens with zero attached hydrogens (tertiary/aromatic N) is 2. The minimum Gasteiger partial charge on any atom is -0.497 e. The Morgan fingerprint density at radius 3 is 2.46 bits per heavy atom. The highest BCUT2D eigenvalue weighted by Crippen LogP contribution is 2.27. The van der Waals surface area contributed by atoms with Gasteiger partial charge in [0.25, 0.3) is 0 Å². The molecule has 7 heteroatoms. The van der Waals surface area contributed by atoms with Crippen molar-refractivity contribution in [3.63, 3.8) is 0 Å². The number of ether oxygens (including phenoxy) is 1. The van der Waals surface area contributed by atoms with Crippen LogP contribution in [0.3, 0.4) is 0 Å². The quantitative estimate of drug-likeness (QED) is 0.880. The normalized spacial score (nSPS) is 23.2. The summed E-state index contributed by atoms with van der Waals surface area (Å²) in [5, 5.41) is 0. The van der Waals surface area contributed by atoms with Crippen LogP contribution in [-0.4, -0.2) is 50.1 Å². The van der Waals surface area contributed by atoms with Crippen molar-refractivity contribution >= 4 is 36.4 Å². The van der Waals surface area contributed by atoms with Crippen LogP contribution in [0, 0.1) is 5.92 Å². The van der Waals surface area contributed by atoms with Gasteiger partial charge in [0.15, 0.2) is 0 Å². The number of benzene rings is 1. The number of amides is 1. The molecule has 0 radical (unpaired) electrons. The molecule has 0 bridgehead atoms. The zero-order valence-electron chi connectivity index (χ0n) is 14.0. The van der Waals surface area contributed by atoms with E-state index in [4.69, 9.17) is 10.5 Å². The van der Waals surface area contributed by atoms with E-state index in [1.807, 2.05) is 23.1 Å². The molecule has 1 saturated heterocycles. The number of halogens is 2. The Hall–Kier alpha value is -1.17. The van der Waals surface area contributed by atoms with Gasteiger partial charge in [0, 0.05) is 49.9 Å². The second-order valence-corrected chi connectivity index (χ2v) is 6.28. The van der Waals surface area contributed by atoms with Crippen molar-refractivity contribution in [1.82, 2.24) is 4.90 Å². The molecule has 2 aliphatic rings. The summed E-state index contributed by atoms with van der Waals surface area (Å²) >= 11 is 0. The summed E-state index contributed by atoms with van der Waals surface area (Å²) in [4.78, 5) is 16.8. The molecule has 1 aliphatic heterocycles. The molecule has 1 aromatic carbocycles. The molecular weight excluding hydrogens is 349 g/mol. The number of piperazine rings is 1. The Kier molecular flexibility index (Phi) is 8.13. The van der Waals surface area contributed by atoms with E-state index in [-0.39, 0.29) is 36.8 Å². The zero-order chi connectivity index (χ0) is 15.5. The topological polar surface area (TPSA) is 58.8 Å². The van der Waals surface area contributed by atoms with Gasteiger partial charge in [-0.2, -0.15) is 0 Å². The molecule has 5 nitrogen and oxygen atoms in total. The molecule has 1 heterocycles. The van der Waals surface area contributed by atoms with Crippen LogP contribution in [0.4, 0.5) is 5.69 Å². The van der Waals surface area contributed by atoms with Gasteiger partial charge in [0.2, 0.25) is 5.91 Å². The molecule has 24 heavy (non-hydrogen) atoms. The van der Waals surface area contributed by atoms with E-state index in [0.717, 1.165) is 56.9 Å². The highest BCUT2D eigenvalue weighted by Gasteiger charge is 2.32. The first-order valence-electron chi connectivity index (χ1n) is 8.10. The number of carbonyl (C=O) groups excluding carboxylic acids is 1. The number of hydrogen-bond donors (Lipinski definition) is 1. The maximum atomic E-state index is 12.5. The fourth-order valence-corrected chi connectivity index (χ4v) is 3.49. The lowest BCUT2D eigenvalue weighted by Gasteiger charge is -2.37. The first-order valence-corrected chi connectivity index (χ1v) is 8.10. The van der Waals surface area contributed by atoms with Gasteiger partial charge in [-0.3, -0.25) is 4.79 Å². The lowest BCUT2D eigenvalue weighted by atomic mass is 10.1. The van der Waals surface area contributed by atoms with Gasteiger partial charge >= 0.3 is 0 Å². The lowest BCUT2D eigenvalue weighted by molar-refractivity contribution is -0.135. The van der Waals surface area contributed by atoms with Gasteiger partial charge in [0.1, 0.15) is 5.75 Å². The van der Waals surface area contributed by atoms with Crippen molar-refractivity contribution in [1.29, 1.82) is 0 Å². The second-order valence-electron chi connectivity index (χ2n) is 6.28. The van der Waals surface area contributed by atoms with E-state index in [1.165, 1.54) is 0 Å². The molecule has 2 N–H and O–H groups in total. The van der Waals surface area contributed by atoms with E-state index in [2.05, 4.69) is 11.0 Å². The van der Waals surface area contributed by atoms with Crippen LogP contribution in [0.2, 0.25) is 0 Å². The first-order chi connectivity index (χ1) is 10.7. The van der Waals surface area contributed by atoms with Crippen LogP contribution in [0.1, 0.15) is 19.3 Å². The predicted octanol–water partition coefficient (Wildman–Crippen LogP) is 2.31. The lowest BCUT2D eigenvalue weighted by Crippen LogP contribution is -2.50. The highest BCUT2D eigenvalue weighted by atomic mass is 35.5. The summed E-state index contributed by atoms with van der Waals surface area (Å²) < 4.78 is 5.28.